The third kappa shape index (κ3) is 56.8. The first kappa shape index (κ1) is 69.6. The maximum atomic E-state index is 12.4. The van der Waals surface area contributed by atoms with Crippen LogP contribution in [0.3, 0.4) is 0 Å². The average Bonchev–Trinajstić information content (AvgIpc) is 3.38. The number of allylic oxidation sites excluding steroid dienone is 9. The topological polar surface area (TPSA) is 95.9 Å². The fourth-order valence-electron chi connectivity index (χ4n) is 9.39. The molecule has 0 aromatic carbocycles. The summed E-state index contributed by atoms with van der Waals surface area (Å²) in [5, 5.41) is 23.1. The fourth-order valence-corrected chi connectivity index (χ4v) is 9.39. The standard InChI is InChI=1S/C66H121NO5/c1-3-5-7-9-11-13-15-17-36-40-44-48-52-56-60-66(71)72-61-57-53-49-45-41-37-34-32-30-28-26-24-22-20-18-19-21-23-25-27-29-31-33-35-39-43-47-51-55-59-65(70)67-63(62-68)64(69)58-54-50-46-42-38-16-14-12-10-8-6-4-2/h9,11,15,17-18,20,24,26,54,58,63-64,68-69H,3-8,10,12-14,16,19,21-23,25,27-53,55-57,59-62H2,1-2H3,(H,67,70)/b11-9-,17-15-,20-18-,26-24-,58-54+. The maximum Gasteiger partial charge on any atom is 0.305 e. The second-order valence-corrected chi connectivity index (χ2v) is 21.4. The zero-order valence-electron chi connectivity index (χ0n) is 47.9. The Morgan fingerprint density at radius 3 is 1.10 bits per heavy atom. The summed E-state index contributed by atoms with van der Waals surface area (Å²) in [7, 11) is 0. The predicted molar refractivity (Wildman–Crippen MR) is 315 cm³/mol. The van der Waals surface area contributed by atoms with E-state index in [0.717, 1.165) is 57.8 Å². The Bertz CT molecular complexity index is 1250. The number of ether oxygens (including phenoxy) is 1. The SMILES string of the molecule is CCCC/C=C\C/C=C\CCCCCCCC(=O)OCCCCCCCCCCC/C=C\C/C=C\CCCCCCCCCCCCCCCC(=O)NC(CO)C(O)/C=C/CCCCCCCCCCCC. The molecule has 0 bridgehead atoms. The van der Waals surface area contributed by atoms with Crippen LogP contribution in [0.15, 0.2) is 60.8 Å². The van der Waals surface area contributed by atoms with Gasteiger partial charge in [0.1, 0.15) is 0 Å². The first-order valence-electron chi connectivity index (χ1n) is 31.6. The molecule has 6 nitrogen and oxygen atoms in total. The predicted octanol–water partition coefficient (Wildman–Crippen LogP) is 19.9. The van der Waals surface area contributed by atoms with Gasteiger partial charge in [0.25, 0.3) is 0 Å². The molecule has 0 aliphatic carbocycles. The molecule has 0 spiro atoms. The van der Waals surface area contributed by atoms with Gasteiger partial charge in [-0.1, -0.05) is 280 Å². The lowest BCUT2D eigenvalue weighted by atomic mass is 10.0. The number of rotatable bonds is 58. The summed E-state index contributed by atoms with van der Waals surface area (Å²) >= 11 is 0. The molecule has 420 valence electrons. The highest BCUT2D eigenvalue weighted by molar-refractivity contribution is 5.76. The van der Waals surface area contributed by atoms with Gasteiger partial charge in [-0.25, -0.2) is 0 Å². The van der Waals surface area contributed by atoms with Crippen LogP contribution >= 0.6 is 0 Å². The summed E-state index contributed by atoms with van der Waals surface area (Å²) < 4.78 is 5.47. The summed E-state index contributed by atoms with van der Waals surface area (Å²) in [5.74, 6) is -0.0736. The number of nitrogens with one attached hydrogen (secondary N) is 1. The van der Waals surface area contributed by atoms with Crippen LogP contribution in [0.5, 0.6) is 0 Å². The molecule has 0 aliphatic heterocycles. The number of aliphatic hydroxyl groups excluding tert-OH is 2. The summed E-state index contributed by atoms with van der Waals surface area (Å²) in [6, 6.07) is -0.629. The van der Waals surface area contributed by atoms with Crippen LogP contribution in [-0.4, -0.2) is 47.4 Å². The number of carbonyl (C=O) groups is 2. The molecule has 1 amide bonds. The molecule has 0 aromatic rings. The lowest BCUT2D eigenvalue weighted by Crippen LogP contribution is -2.45. The molecular formula is C66H121NO5. The summed E-state index contributed by atoms with van der Waals surface area (Å²) in [5.41, 5.74) is 0. The molecule has 0 aliphatic rings. The Hall–Kier alpha value is -2.44. The molecule has 72 heavy (non-hydrogen) atoms. The van der Waals surface area contributed by atoms with Gasteiger partial charge < -0.3 is 20.3 Å². The Morgan fingerprint density at radius 2 is 0.708 bits per heavy atom. The molecule has 0 saturated heterocycles. The van der Waals surface area contributed by atoms with Crippen LogP contribution in [0.4, 0.5) is 0 Å². The molecule has 3 N–H and O–H groups in total. The van der Waals surface area contributed by atoms with Crippen molar-refractivity contribution in [2.45, 2.75) is 334 Å². The van der Waals surface area contributed by atoms with Gasteiger partial charge in [-0.05, 0) is 89.9 Å². The highest BCUT2D eigenvalue weighted by atomic mass is 16.5. The number of hydrogen-bond donors (Lipinski definition) is 3. The molecule has 0 radical (unpaired) electrons. The number of amides is 1. The lowest BCUT2D eigenvalue weighted by molar-refractivity contribution is -0.143. The van der Waals surface area contributed by atoms with E-state index in [2.05, 4.69) is 67.8 Å². The highest BCUT2D eigenvalue weighted by Crippen LogP contribution is 2.16. The summed E-state index contributed by atoms with van der Waals surface area (Å²) in [6.07, 6.45) is 79.9. The van der Waals surface area contributed by atoms with Gasteiger partial charge in [-0.2, -0.15) is 0 Å². The fraction of sp³-hybridized carbons (Fsp3) is 0.818. The molecule has 2 unspecified atom stereocenters. The molecule has 0 saturated carbocycles. The molecule has 0 heterocycles. The van der Waals surface area contributed by atoms with Crippen molar-refractivity contribution in [1.82, 2.24) is 5.32 Å². The quantitative estimate of drug-likeness (QED) is 0.0320. The van der Waals surface area contributed by atoms with Crippen LogP contribution in [-0.2, 0) is 14.3 Å². The van der Waals surface area contributed by atoms with E-state index in [9.17, 15) is 19.8 Å². The van der Waals surface area contributed by atoms with Crippen molar-refractivity contribution in [3.05, 3.63) is 60.8 Å². The third-order valence-electron chi connectivity index (χ3n) is 14.3. The van der Waals surface area contributed by atoms with Gasteiger partial charge in [-0.15, -0.1) is 0 Å². The molecule has 6 heteroatoms. The van der Waals surface area contributed by atoms with Crippen molar-refractivity contribution >= 4 is 11.9 Å². The largest absolute Gasteiger partial charge is 0.466 e. The second-order valence-electron chi connectivity index (χ2n) is 21.4. The smallest absolute Gasteiger partial charge is 0.305 e. The van der Waals surface area contributed by atoms with Gasteiger partial charge in [0, 0.05) is 12.8 Å². The van der Waals surface area contributed by atoms with Crippen LogP contribution < -0.4 is 5.32 Å². The van der Waals surface area contributed by atoms with Crippen LogP contribution in [0.2, 0.25) is 0 Å². The van der Waals surface area contributed by atoms with Gasteiger partial charge in [-0.3, -0.25) is 9.59 Å². The molecule has 2 atom stereocenters. The third-order valence-corrected chi connectivity index (χ3v) is 14.3. The van der Waals surface area contributed by atoms with Crippen LogP contribution in [0.1, 0.15) is 322 Å². The van der Waals surface area contributed by atoms with Crippen molar-refractivity contribution < 1.29 is 24.5 Å². The minimum atomic E-state index is -0.845. The molecule has 0 rings (SSSR count). The maximum absolute atomic E-state index is 12.4. The van der Waals surface area contributed by atoms with E-state index in [0.29, 0.717) is 19.4 Å². The molecular weight excluding hydrogens is 887 g/mol. The van der Waals surface area contributed by atoms with E-state index < -0.39 is 12.1 Å². The van der Waals surface area contributed by atoms with E-state index in [1.807, 2.05) is 6.08 Å². The lowest BCUT2D eigenvalue weighted by Gasteiger charge is -2.20. The first-order valence-corrected chi connectivity index (χ1v) is 31.6. The minimum Gasteiger partial charge on any atom is -0.466 e. The zero-order valence-corrected chi connectivity index (χ0v) is 47.9. The van der Waals surface area contributed by atoms with Gasteiger partial charge in [0.05, 0.1) is 25.4 Å². The van der Waals surface area contributed by atoms with E-state index >= 15 is 0 Å². The second kappa shape index (κ2) is 61.1. The summed E-state index contributed by atoms with van der Waals surface area (Å²) in [6.45, 7) is 4.85. The number of aliphatic hydroxyl groups is 2. The Morgan fingerprint density at radius 1 is 0.389 bits per heavy atom. The van der Waals surface area contributed by atoms with E-state index in [-0.39, 0.29) is 18.5 Å². The van der Waals surface area contributed by atoms with Gasteiger partial charge >= 0.3 is 5.97 Å². The Balaban J connectivity index is 3.42. The number of carbonyl (C=O) groups excluding carboxylic acids is 2. The Kier molecular flexibility index (Phi) is 59.0. The normalized spacial score (nSPS) is 13.0. The number of unbranched alkanes of at least 4 members (excludes halogenated alkanes) is 39. The van der Waals surface area contributed by atoms with E-state index in [4.69, 9.17) is 4.74 Å². The van der Waals surface area contributed by atoms with Crippen molar-refractivity contribution in [2.75, 3.05) is 13.2 Å². The van der Waals surface area contributed by atoms with Crippen molar-refractivity contribution in [3.63, 3.8) is 0 Å². The van der Waals surface area contributed by atoms with Crippen molar-refractivity contribution in [2.24, 2.45) is 0 Å². The highest BCUT2D eigenvalue weighted by Gasteiger charge is 2.18. The van der Waals surface area contributed by atoms with Crippen LogP contribution in [0, 0.1) is 0 Å². The number of hydrogen-bond acceptors (Lipinski definition) is 5. The van der Waals surface area contributed by atoms with Crippen LogP contribution in [0.25, 0.3) is 0 Å². The summed E-state index contributed by atoms with van der Waals surface area (Å²) in [4.78, 5) is 24.5. The first-order chi connectivity index (χ1) is 35.5. The monoisotopic (exact) mass is 1010 g/mol. The Labute approximate surface area is 448 Å². The van der Waals surface area contributed by atoms with E-state index in [1.54, 1.807) is 6.08 Å². The number of esters is 1. The molecule has 0 aromatic heterocycles. The van der Waals surface area contributed by atoms with Crippen molar-refractivity contribution in [3.8, 4) is 0 Å². The van der Waals surface area contributed by atoms with Gasteiger partial charge in [0.2, 0.25) is 5.91 Å². The van der Waals surface area contributed by atoms with E-state index in [1.165, 1.54) is 238 Å². The minimum absolute atomic E-state index is 0.00364. The van der Waals surface area contributed by atoms with Gasteiger partial charge in [0.15, 0.2) is 0 Å². The van der Waals surface area contributed by atoms with Crippen molar-refractivity contribution in [1.29, 1.82) is 0 Å². The molecule has 0 fully saturated rings. The average molecular weight is 1010 g/mol. The zero-order chi connectivity index (χ0) is 52.2.